The molecule has 35 heavy (non-hydrogen) atoms. The van der Waals surface area contributed by atoms with Gasteiger partial charge in [0.2, 0.25) is 10.0 Å². The highest BCUT2D eigenvalue weighted by Crippen LogP contribution is 2.24. The van der Waals surface area contributed by atoms with Crippen LogP contribution < -0.4 is 10.4 Å². The number of nitrogens with zero attached hydrogens (tertiary/aromatic N) is 2. The summed E-state index contributed by atoms with van der Waals surface area (Å²) >= 11 is 0. The second-order valence-electron chi connectivity index (χ2n) is 8.86. The lowest BCUT2D eigenvalue weighted by molar-refractivity contribution is -0.134. The summed E-state index contributed by atoms with van der Waals surface area (Å²) in [5.41, 5.74) is 1.88. The molecule has 0 aliphatic carbocycles. The topological polar surface area (TPSA) is 97.1 Å². The molecule has 0 unspecified atom stereocenters. The lowest BCUT2D eigenvalue weighted by atomic mass is 9.99. The van der Waals surface area contributed by atoms with Gasteiger partial charge in [0.25, 0.3) is 5.91 Å². The Hall–Kier alpha value is -3.17. The third-order valence-electron chi connectivity index (χ3n) is 6.58. The maximum absolute atomic E-state index is 13.0. The molecule has 1 saturated heterocycles. The Morgan fingerprint density at radius 2 is 1.74 bits per heavy atom. The molecule has 0 spiro atoms. The Bertz CT molecular complexity index is 1370. The monoisotopic (exact) mass is 498 g/mol. The number of rotatable bonds is 7. The van der Waals surface area contributed by atoms with Crippen molar-refractivity contribution in [2.75, 3.05) is 32.8 Å². The molecule has 1 aliphatic heterocycles. The van der Waals surface area contributed by atoms with Gasteiger partial charge < -0.3 is 14.1 Å². The fourth-order valence-electron chi connectivity index (χ4n) is 4.16. The van der Waals surface area contributed by atoms with Crippen molar-refractivity contribution < 1.29 is 22.4 Å². The molecular formula is C26H30N2O6S. The number of piperazine rings is 1. The smallest absolute Gasteiger partial charge is 0.336 e. The fraction of sp³-hybridized carbons (Fsp3) is 0.385. The third-order valence-corrected chi connectivity index (χ3v) is 8.49. The number of carbonyl (C=O) groups is 1. The van der Waals surface area contributed by atoms with E-state index in [0.717, 1.165) is 22.9 Å². The van der Waals surface area contributed by atoms with Gasteiger partial charge in [-0.3, -0.25) is 4.79 Å². The van der Waals surface area contributed by atoms with Crippen LogP contribution in [-0.2, 0) is 14.8 Å². The van der Waals surface area contributed by atoms with E-state index >= 15 is 0 Å². The first-order valence-electron chi connectivity index (χ1n) is 11.7. The minimum atomic E-state index is -3.62. The quantitative estimate of drug-likeness (QED) is 0.463. The van der Waals surface area contributed by atoms with Crippen molar-refractivity contribution in [3.05, 3.63) is 70.1 Å². The van der Waals surface area contributed by atoms with Crippen LogP contribution in [0, 0.1) is 6.92 Å². The van der Waals surface area contributed by atoms with E-state index in [0.29, 0.717) is 17.3 Å². The zero-order valence-electron chi connectivity index (χ0n) is 20.2. The predicted molar refractivity (Wildman–Crippen MR) is 133 cm³/mol. The zero-order chi connectivity index (χ0) is 25.2. The van der Waals surface area contributed by atoms with Crippen LogP contribution in [0.2, 0.25) is 0 Å². The summed E-state index contributed by atoms with van der Waals surface area (Å²) in [6.07, 6.45) is 0.989. The highest BCUT2D eigenvalue weighted by molar-refractivity contribution is 7.89. The van der Waals surface area contributed by atoms with Crippen molar-refractivity contribution in [2.45, 2.75) is 38.0 Å². The Morgan fingerprint density at radius 1 is 1.06 bits per heavy atom. The van der Waals surface area contributed by atoms with Crippen molar-refractivity contribution in [1.29, 1.82) is 0 Å². The summed E-state index contributed by atoms with van der Waals surface area (Å²) in [7, 11) is -3.62. The van der Waals surface area contributed by atoms with E-state index in [2.05, 4.69) is 13.8 Å². The molecule has 1 aliphatic rings. The first-order chi connectivity index (χ1) is 16.7. The molecule has 2 heterocycles. The highest BCUT2D eigenvalue weighted by Gasteiger charge is 2.30. The number of hydrogen-bond donors (Lipinski definition) is 0. The molecule has 9 heteroatoms. The van der Waals surface area contributed by atoms with E-state index in [-0.39, 0.29) is 43.6 Å². The maximum atomic E-state index is 13.0. The van der Waals surface area contributed by atoms with Gasteiger partial charge in [0.15, 0.2) is 6.61 Å². The number of ether oxygens (including phenoxy) is 1. The molecule has 3 aromatic rings. The second kappa shape index (κ2) is 10.2. The van der Waals surface area contributed by atoms with Gasteiger partial charge in [-0.2, -0.15) is 4.31 Å². The molecule has 1 atom stereocenters. The van der Waals surface area contributed by atoms with Gasteiger partial charge in [0, 0.05) is 43.7 Å². The van der Waals surface area contributed by atoms with Gasteiger partial charge in [-0.25, -0.2) is 13.2 Å². The highest BCUT2D eigenvalue weighted by atomic mass is 32.2. The van der Waals surface area contributed by atoms with Crippen LogP contribution >= 0.6 is 0 Å². The summed E-state index contributed by atoms with van der Waals surface area (Å²) in [5, 5.41) is 0.801. The standard InChI is InChI=1S/C26H30N2O6S/c1-4-18(2)20-5-8-22(9-6-20)35(31,32)28-13-11-27(12-14-28)25(29)17-33-21-7-10-23-19(3)15-26(30)34-24(23)16-21/h5-10,15-16,18H,4,11-14,17H2,1-3H3/t18-/m0/s1. The number of carbonyl (C=O) groups excluding carboxylic acids is 1. The fourth-order valence-corrected chi connectivity index (χ4v) is 5.58. The molecular weight excluding hydrogens is 468 g/mol. The van der Waals surface area contributed by atoms with Gasteiger partial charge in [0.05, 0.1) is 4.90 Å². The molecule has 0 saturated carbocycles. The number of amides is 1. The summed E-state index contributed by atoms with van der Waals surface area (Å²) in [5.74, 6) is 0.563. The summed E-state index contributed by atoms with van der Waals surface area (Å²) in [4.78, 5) is 26.1. The van der Waals surface area contributed by atoms with E-state index in [1.165, 1.54) is 10.4 Å². The predicted octanol–water partition coefficient (Wildman–Crippen LogP) is 3.53. The number of fused-ring (bicyclic) bond motifs is 1. The minimum absolute atomic E-state index is 0.189. The average molecular weight is 499 g/mol. The Balaban J connectivity index is 1.34. The third kappa shape index (κ3) is 5.41. The normalized spacial score (nSPS) is 15.8. The van der Waals surface area contributed by atoms with Crippen LogP contribution in [0.15, 0.2) is 62.6 Å². The summed E-state index contributed by atoms with van der Waals surface area (Å²) in [6, 6.07) is 13.6. The van der Waals surface area contributed by atoms with E-state index in [1.807, 2.05) is 19.1 Å². The molecule has 0 N–H and O–H groups in total. The molecule has 1 fully saturated rings. The van der Waals surface area contributed by atoms with Crippen molar-refractivity contribution in [1.82, 2.24) is 9.21 Å². The number of hydrogen-bond acceptors (Lipinski definition) is 6. The summed E-state index contributed by atoms with van der Waals surface area (Å²) in [6.45, 7) is 6.88. The van der Waals surface area contributed by atoms with Gasteiger partial charge in [0.1, 0.15) is 11.3 Å². The van der Waals surface area contributed by atoms with Gasteiger partial charge >= 0.3 is 5.63 Å². The zero-order valence-corrected chi connectivity index (χ0v) is 21.0. The largest absolute Gasteiger partial charge is 0.484 e. The van der Waals surface area contributed by atoms with E-state index < -0.39 is 15.6 Å². The van der Waals surface area contributed by atoms with Crippen LogP contribution in [-0.4, -0.2) is 56.3 Å². The van der Waals surface area contributed by atoms with E-state index in [4.69, 9.17) is 9.15 Å². The molecule has 1 aromatic heterocycles. The SMILES string of the molecule is CC[C@H](C)c1ccc(S(=O)(=O)N2CCN(C(=O)COc3ccc4c(C)cc(=O)oc4c3)CC2)cc1. The minimum Gasteiger partial charge on any atom is -0.484 e. The molecule has 8 nitrogen and oxygen atoms in total. The molecule has 0 radical (unpaired) electrons. The Kier molecular flexibility index (Phi) is 7.28. The average Bonchev–Trinajstić information content (AvgIpc) is 2.86. The first kappa shape index (κ1) is 24.9. The molecule has 4 rings (SSSR count). The lowest BCUT2D eigenvalue weighted by Crippen LogP contribution is -2.51. The first-order valence-corrected chi connectivity index (χ1v) is 13.2. The maximum Gasteiger partial charge on any atom is 0.336 e. The van der Waals surface area contributed by atoms with Gasteiger partial charge in [-0.05, 0) is 54.7 Å². The Labute approximate surface area is 205 Å². The van der Waals surface area contributed by atoms with E-state index in [1.54, 1.807) is 35.2 Å². The second-order valence-corrected chi connectivity index (χ2v) is 10.8. The summed E-state index contributed by atoms with van der Waals surface area (Å²) < 4.78 is 38.4. The van der Waals surface area contributed by atoms with Crippen molar-refractivity contribution in [3.63, 3.8) is 0 Å². The van der Waals surface area contributed by atoms with Crippen LogP contribution in [0.4, 0.5) is 0 Å². The molecule has 186 valence electrons. The van der Waals surface area contributed by atoms with Crippen LogP contribution in [0.3, 0.4) is 0 Å². The number of sulfonamides is 1. The van der Waals surface area contributed by atoms with Crippen molar-refractivity contribution in [3.8, 4) is 5.75 Å². The number of benzene rings is 2. The van der Waals surface area contributed by atoms with Crippen LogP contribution in [0.25, 0.3) is 11.0 Å². The molecule has 2 aromatic carbocycles. The van der Waals surface area contributed by atoms with Crippen molar-refractivity contribution >= 4 is 26.9 Å². The van der Waals surface area contributed by atoms with Crippen LogP contribution in [0.1, 0.15) is 37.3 Å². The molecule has 1 amide bonds. The van der Waals surface area contributed by atoms with Gasteiger partial charge in [-0.15, -0.1) is 0 Å². The Morgan fingerprint density at radius 3 is 2.40 bits per heavy atom. The lowest BCUT2D eigenvalue weighted by Gasteiger charge is -2.34. The molecule has 0 bridgehead atoms. The van der Waals surface area contributed by atoms with Crippen molar-refractivity contribution in [2.24, 2.45) is 0 Å². The van der Waals surface area contributed by atoms with E-state index in [9.17, 15) is 18.0 Å². The van der Waals surface area contributed by atoms with Crippen LogP contribution in [0.5, 0.6) is 5.75 Å². The van der Waals surface area contributed by atoms with Gasteiger partial charge in [-0.1, -0.05) is 26.0 Å². The number of aryl methyl sites for hydroxylation is 1.